The molecule has 0 saturated heterocycles. The van der Waals surface area contributed by atoms with Crippen LogP contribution >= 0.6 is 15.9 Å². The highest BCUT2D eigenvalue weighted by Crippen LogP contribution is 2.24. The van der Waals surface area contributed by atoms with Crippen LogP contribution in [0.25, 0.3) is 0 Å². The van der Waals surface area contributed by atoms with Crippen molar-refractivity contribution in [1.29, 1.82) is 0 Å². The van der Waals surface area contributed by atoms with Crippen molar-refractivity contribution in [3.05, 3.63) is 52.8 Å². The summed E-state index contributed by atoms with van der Waals surface area (Å²) in [6.07, 6.45) is 0. The van der Waals surface area contributed by atoms with E-state index in [1.807, 2.05) is 6.92 Å². The van der Waals surface area contributed by atoms with Gasteiger partial charge < -0.3 is 4.74 Å². The Morgan fingerprint density at radius 3 is 2.67 bits per heavy atom. The van der Waals surface area contributed by atoms with Crippen LogP contribution in [-0.4, -0.2) is 15.0 Å². The molecule has 21 heavy (non-hydrogen) atoms. The molecule has 2 rings (SSSR count). The lowest BCUT2D eigenvalue weighted by Gasteiger charge is -2.10. The number of benzene rings is 2. The SMILES string of the molecule is CCOc1cccc(NS(=O)(=O)c2ccc(Br)cc2F)c1. The Hall–Kier alpha value is -1.60. The van der Waals surface area contributed by atoms with E-state index in [-0.39, 0.29) is 0 Å². The van der Waals surface area contributed by atoms with Gasteiger partial charge in [-0.25, -0.2) is 12.8 Å². The van der Waals surface area contributed by atoms with Crippen molar-refractivity contribution in [3.8, 4) is 5.75 Å². The van der Waals surface area contributed by atoms with Crippen molar-refractivity contribution in [1.82, 2.24) is 0 Å². The Bertz CT molecular complexity index is 750. The predicted octanol–water partition coefficient (Wildman–Crippen LogP) is 3.79. The first-order chi connectivity index (χ1) is 9.92. The third kappa shape index (κ3) is 3.95. The van der Waals surface area contributed by atoms with Gasteiger partial charge in [-0.15, -0.1) is 0 Å². The second-order valence-electron chi connectivity index (χ2n) is 4.14. The first kappa shape index (κ1) is 15.8. The molecule has 0 amide bonds. The van der Waals surface area contributed by atoms with Crippen molar-refractivity contribution in [2.75, 3.05) is 11.3 Å². The monoisotopic (exact) mass is 373 g/mol. The number of rotatable bonds is 5. The third-order valence-electron chi connectivity index (χ3n) is 2.58. The van der Waals surface area contributed by atoms with Crippen molar-refractivity contribution >= 4 is 31.6 Å². The zero-order valence-corrected chi connectivity index (χ0v) is 13.5. The van der Waals surface area contributed by atoms with Gasteiger partial charge in [0.05, 0.1) is 12.3 Å². The summed E-state index contributed by atoms with van der Waals surface area (Å²) in [5, 5.41) is 0. The first-order valence-corrected chi connectivity index (χ1v) is 8.41. The summed E-state index contributed by atoms with van der Waals surface area (Å²) in [7, 11) is -3.99. The minimum Gasteiger partial charge on any atom is -0.494 e. The number of hydrogen-bond acceptors (Lipinski definition) is 3. The maximum absolute atomic E-state index is 13.8. The van der Waals surface area contributed by atoms with Gasteiger partial charge in [-0.2, -0.15) is 0 Å². The standard InChI is InChI=1S/C14H13BrFNO3S/c1-2-20-12-5-3-4-11(9-12)17-21(18,19)14-7-6-10(15)8-13(14)16/h3-9,17H,2H2,1H3. The van der Waals surface area contributed by atoms with Crippen LogP contribution in [0.15, 0.2) is 51.8 Å². The lowest BCUT2D eigenvalue weighted by atomic mass is 10.3. The number of hydrogen-bond donors (Lipinski definition) is 1. The molecule has 0 fully saturated rings. The van der Waals surface area contributed by atoms with Crippen molar-refractivity contribution in [2.24, 2.45) is 0 Å². The molecule has 0 aromatic heterocycles. The van der Waals surface area contributed by atoms with Gasteiger partial charge in [-0.05, 0) is 37.3 Å². The Labute approximate surface area is 131 Å². The van der Waals surface area contributed by atoms with Gasteiger partial charge >= 0.3 is 0 Å². The topological polar surface area (TPSA) is 55.4 Å². The van der Waals surface area contributed by atoms with Gasteiger partial charge in [-0.1, -0.05) is 22.0 Å². The summed E-state index contributed by atoms with van der Waals surface area (Å²) in [6.45, 7) is 2.30. The molecule has 0 heterocycles. The smallest absolute Gasteiger partial charge is 0.264 e. The molecule has 7 heteroatoms. The fourth-order valence-corrected chi connectivity index (χ4v) is 3.16. The van der Waals surface area contributed by atoms with E-state index < -0.39 is 20.7 Å². The van der Waals surface area contributed by atoms with E-state index in [1.165, 1.54) is 18.2 Å². The van der Waals surface area contributed by atoms with E-state index in [2.05, 4.69) is 20.7 Å². The summed E-state index contributed by atoms with van der Waals surface area (Å²) in [5.41, 5.74) is 0.309. The lowest BCUT2D eigenvalue weighted by Crippen LogP contribution is -2.14. The van der Waals surface area contributed by atoms with Gasteiger partial charge in [-0.3, -0.25) is 4.72 Å². The van der Waals surface area contributed by atoms with Gasteiger partial charge in [0.1, 0.15) is 16.5 Å². The van der Waals surface area contributed by atoms with Crippen LogP contribution in [0.2, 0.25) is 0 Å². The minimum atomic E-state index is -3.99. The molecule has 0 aliphatic heterocycles. The molecular weight excluding hydrogens is 361 g/mol. The van der Waals surface area contributed by atoms with E-state index in [0.717, 1.165) is 6.07 Å². The second-order valence-corrected chi connectivity index (χ2v) is 6.71. The number of nitrogens with one attached hydrogen (secondary N) is 1. The van der Waals surface area contributed by atoms with Crippen LogP contribution < -0.4 is 9.46 Å². The minimum absolute atomic E-state index is 0.309. The van der Waals surface area contributed by atoms with Gasteiger partial charge in [0.2, 0.25) is 0 Å². The Kier molecular flexibility index (Phi) is 4.84. The normalized spacial score (nSPS) is 11.2. The lowest BCUT2D eigenvalue weighted by molar-refractivity contribution is 0.340. The molecule has 0 saturated carbocycles. The Morgan fingerprint density at radius 2 is 2.00 bits per heavy atom. The molecule has 0 radical (unpaired) electrons. The summed E-state index contributed by atoms with van der Waals surface area (Å²) in [5.74, 6) is -0.285. The number of sulfonamides is 1. The quantitative estimate of drug-likeness (QED) is 0.867. The summed E-state index contributed by atoms with van der Waals surface area (Å²) < 4.78 is 46.3. The zero-order valence-electron chi connectivity index (χ0n) is 11.1. The van der Waals surface area contributed by atoms with Crippen LogP contribution in [0.3, 0.4) is 0 Å². The van der Waals surface area contributed by atoms with Crippen LogP contribution in [0.4, 0.5) is 10.1 Å². The second kappa shape index (κ2) is 6.44. The first-order valence-electron chi connectivity index (χ1n) is 6.13. The van der Waals surface area contributed by atoms with Crippen LogP contribution in [0, 0.1) is 5.82 Å². The van der Waals surface area contributed by atoms with Crippen LogP contribution in [0.5, 0.6) is 5.75 Å². The average Bonchev–Trinajstić information content (AvgIpc) is 2.38. The summed E-state index contributed by atoms with van der Waals surface area (Å²) >= 11 is 3.08. The molecule has 0 aliphatic rings. The fraction of sp³-hybridized carbons (Fsp3) is 0.143. The number of ether oxygens (including phenoxy) is 1. The molecule has 112 valence electrons. The fourth-order valence-electron chi connectivity index (χ4n) is 1.72. The molecule has 1 N–H and O–H groups in total. The van der Waals surface area contributed by atoms with Crippen molar-refractivity contribution < 1.29 is 17.5 Å². The van der Waals surface area contributed by atoms with E-state index in [4.69, 9.17) is 4.74 Å². The Balaban J connectivity index is 2.31. The third-order valence-corrected chi connectivity index (χ3v) is 4.49. The van der Waals surface area contributed by atoms with E-state index >= 15 is 0 Å². The molecule has 0 atom stereocenters. The number of halogens is 2. The highest BCUT2D eigenvalue weighted by atomic mass is 79.9. The van der Waals surface area contributed by atoms with E-state index in [0.29, 0.717) is 22.5 Å². The molecule has 0 spiro atoms. The molecule has 0 aliphatic carbocycles. The summed E-state index contributed by atoms with van der Waals surface area (Å²) in [6, 6.07) is 10.2. The maximum atomic E-state index is 13.8. The van der Waals surface area contributed by atoms with Crippen molar-refractivity contribution in [2.45, 2.75) is 11.8 Å². The molecule has 4 nitrogen and oxygen atoms in total. The average molecular weight is 374 g/mol. The predicted molar refractivity (Wildman–Crippen MR) is 82.5 cm³/mol. The summed E-state index contributed by atoms with van der Waals surface area (Å²) in [4.78, 5) is -0.410. The van der Waals surface area contributed by atoms with Gasteiger partial charge in [0.15, 0.2) is 0 Å². The highest BCUT2D eigenvalue weighted by Gasteiger charge is 2.19. The van der Waals surface area contributed by atoms with Crippen molar-refractivity contribution in [3.63, 3.8) is 0 Å². The van der Waals surface area contributed by atoms with Gasteiger partial charge in [0.25, 0.3) is 10.0 Å². The highest BCUT2D eigenvalue weighted by molar-refractivity contribution is 9.10. The molecule has 2 aromatic rings. The Morgan fingerprint density at radius 1 is 1.24 bits per heavy atom. The zero-order chi connectivity index (χ0) is 15.5. The van der Waals surface area contributed by atoms with Crippen LogP contribution in [0.1, 0.15) is 6.92 Å². The molecule has 2 aromatic carbocycles. The van der Waals surface area contributed by atoms with E-state index in [9.17, 15) is 12.8 Å². The molecule has 0 unspecified atom stereocenters. The molecular formula is C14H13BrFNO3S. The largest absolute Gasteiger partial charge is 0.494 e. The van der Waals surface area contributed by atoms with E-state index in [1.54, 1.807) is 18.2 Å². The van der Waals surface area contributed by atoms with Gasteiger partial charge in [0, 0.05) is 10.5 Å². The maximum Gasteiger partial charge on any atom is 0.264 e. The number of anilines is 1. The van der Waals surface area contributed by atoms with Crippen LogP contribution in [-0.2, 0) is 10.0 Å². The molecule has 0 bridgehead atoms.